The van der Waals surface area contributed by atoms with Gasteiger partial charge in [0.05, 0.1) is 6.04 Å². The van der Waals surface area contributed by atoms with Crippen LogP contribution in [0.25, 0.3) is 0 Å². The Labute approximate surface area is 117 Å². The predicted molar refractivity (Wildman–Crippen MR) is 72.9 cm³/mol. The van der Waals surface area contributed by atoms with Gasteiger partial charge in [-0.15, -0.1) is 0 Å². The number of benzene rings is 1. The van der Waals surface area contributed by atoms with Gasteiger partial charge in [-0.05, 0) is 18.4 Å². The first-order valence-corrected chi connectivity index (χ1v) is 6.90. The van der Waals surface area contributed by atoms with Crippen molar-refractivity contribution in [2.45, 2.75) is 38.8 Å². The molecule has 1 saturated heterocycles. The molecule has 0 spiro atoms. The summed E-state index contributed by atoms with van der Waals surface area (Å²) in [6.45, 7) is 4.45. The number of amides is 1. The van der Waals surface area contributed by atoms with E-state index in [-0.39, 0.29) is 23.4 Å². The molecule has 2 rings (SSSR count). The van der Waals surface area contributed by atoms with Gasteiger partial charge in [0.15, 0.2) is 11.6 Å². The Hall–Kier alpha value is -1.49. The molecule has 20 heavy (non-hydrogen) atoms. The Bertz CT molecular complexity index is 505. The second-order valence-electron chi connectivity index (χ2n) is 5.73. The van der Waals surface area contributed by atoms with Gasteiger partial charge in [0, 0.05) is 24.6 Å². The quantitative estimate of drug-likeness (QED) is 0.926. The van der Waals surface area contributed by atoms with Crippen molar-refractivity contribution in [1.29, 1.82) is 0 Å². The van der Waals surface area contributed by atoms with E-state index in [2.05, 4.69) is 0 Å². The van der Waals surface area contributed by atoms with Gasteiger partial charge in [0.25, 0.3) is 0 Å². The third kappa shape index (κ3) is 2.82. The normalized spacial score (nSPS) is 23.5. The summed E-state index contributed by atoms with van der Waals surface area (Å²) in [5, 5.41) is 0. The van der Waals surface area contributed by atoms with Gasteiger partial charge in [0.2, 0.25) is 5.91 Å². The molecule has 0 bridgehead atoms. The molecule has 110 valence electrons. The number of likely N-dealkylation sites (tertiary alicyclic amines) is 1. The van der Waals surface area contributed by atoms with Gasteiger partial charge in [-0.1, -0.05) is 26.0 Å². The Morgan fingerprint density at radius 2 is 2.10 bits per heavy atom. The van der Waals surface area contributed by atoms with E-state index in [1.54, 1.807) is 4.90 Å². The van der Waals surface area contributed by atoms with Crippen LogP contribution in [-0.4, -0.2) is 23.4 Å². The highest BCUT2D eigenvalue weighted by Crippen LogP contribution is 2.33. The molecular formula is C15H20F2N2O. The van der Waals surface area contributed by atoms with Crippen molar-refractivity contribution in [2.24, 2.45) is 11.7 Å². The van der Waals surface area contributed by atoms with Crippen LogP contribution in [-0.2, 0) is 4.79 Å². The van der Waals surface area contributed by atoms with Crippen LogP contribution in [0.4, 0.5) is 8.78 Å². The molecule has 2 unspecified atom stereocenters. The third-order valence-corrected chi connectivity index (χ3v) is 3.62. The van der Waals surface area contributed by atoms with Crippen LogP contribution < -0.4 is 5.73 Å². The monoisotopic (exact) mass is 282 g/mol. The smallest absolute Gasteiger partial charge is 0.223 e. The van der Waals surface area contributed by atoms with E-state index in [1.165, 1.54) is 12.1 Å². The number of hydrogen-bond donors (Lipinski definition) is 1. The van der Waals surface area contributed by atoms with Crippen molar-refractivity contribution in [3.05, 3.63) is 35.4 Å². The van der Waals surface area contributed by atoms with Gasteiger partial charge in [-0.3, -0.25) is 4.79 Å². The van der Waals surface area contributed by atoms with Crippen LogP contribution in [0.5, 0.6) is 0 Å². The molecule has 0 aromatic heterocycles. The molecule has 2 atom stereocenters. The average Bonchev–Trinajstić information content (AvgIpc) is 2.38. The third-order valence-electron chi connectivity index (χ3n) is 3.62. The van der Waals surface area contributed by atoms with Gasteiger partial charge >= 0.3 is 0 Å². The molecule has 1 aliphatic heterocycles. The van der Waals surface area contributed by atoms with E-state index in [4.69, 9.17) is 5.73 Å². The predicted octanol–water partition coefficient (Wildman–Crippen LogP) is 2.61. The summed E-state index contributed by atoms with van der Waals surface area (Å²) in [4.78, 5) is 13.7. The molecule has 1 aromatic carbocycles. The second-order valence-corrected chi connectivity index (χ2v) is 5.73. The molecule has 5 heteroatoms. The van der Waals surface area contributed by atoms with Crippen molar-refractivity contribution in [2.75, 3.05) is 6.54 Å². The molecular weight excluding hydrogens is 262 g/mol. The van der Waals surface area contributed by atoms with Gasteiger partial charge in [-0.25, -0.2) is 8.78 Å². The molecule has 0 radical (unpaired) electrons. The highest BCUT2D eigenvalue weighted by molar-refractivity contribution is 5.78. The summed E-state index contributed by atoms with van der Waals surface area (Å²) in [7, 11) is 0. The van der Waals surface area contributed by atoms with Gasteiger partial charge in [-0.2, -0.15) is 0 Å². The van der Waals surface area contributed by atoms with Crippen LogP contribution in [0.2, 0.25) is 0 Å². The lowest BCUT2D eigenvalue weighted by Crippen LogP contribution is -2.50. The van der Waals surface area contributed by atoms with Crippen molar-refractivity contribution in [1.82, 2.24) is 4.90 Å². The maximum absolute atomic E-state index is 14.0. The van der Waals surface area contributed by atoms with Crippen LogP contribution in [0.3, 0.4) is 0 Å². The standard InChI is InChI=1S/C15H20F2N2O/c1-9(2)8-19-13(20)7-6-12(18)15(19)10-4-3-5-11(16)14(10)17/h3-5,9,12,15H,6-8,18H2,1-2H3. The average molecular weight is 282 g/mol. The fourth-order valence-electron chi connectivity index (χ4n) is 2.73. The number of nitrogens with two attached hydrogens (primary N) is 1. The van der Waals surface area contributed by atoms with E-state index in [1.807, 2.05) is 13.8 Å². The minimum Gasteiger partial charge on any atom is -0.334 e. The molecule has 0 aliphatic carbocycles. The van der Waals surface area contributed by atoms with Crippen molar-refractivity contribution in [3.63, 3.8) is 0 Å². The molecule has 3 nitrogen and oxygen atoms in total. The van der Waals surface area contributed by atoms with Crippen molar-refractivity contribution >= 4 is 5.91 Å². The fraction of sp³-hybridized carbons (Fsp3) is 0.533. The number of hydrogen-bond acceptors (Lipinski definition) is 2. The molecule has 1 heterocycles. The lowest BCUT2D eigenvalue weighted by Gasteiger charge is -2.41. The van der Waals surface area contributed by atoms with Gasteiger partial charge < -0.3 is 10.6 Å². The summed E-state index contributed by atoms with van der Waals surface area (Å²) in [6, 6.07) is 3.07. The molecule has 1 fully saturated rings. The molecule has 1 amide bonds. The number of halogens is 2. The summed E-state index contributed by atoms with van der Waals surface area (Å²) >= 11 is 0. The number of rotatable bonds is 3. The molecule has 2 N–H and O–H groups in total. The number of carbonyl (C=O) groups is 1. The Balaban J connectivity index is 2.42. The SMILES string of the molecule is CC(C)CN1C(=O)CCC(N)C1c1cccc(F)c1F. The molecule has 1 aromatic rings. The first kappa shape index (κ1) is 14.9. The van der Waals surface area contributed by atoms with E-state index in [0.717, 1.165) is 6.07 Å². The van der Waals surface area contributed by atoms with E-state index >= 15 is 0 Å². The van der Waals surface area contributed by atoms with Crippen molar-refractivity contribution in [3.8, 4) is 0 Å². The Morgan fingerprint density at radius 3 is 2.75 bits per heavy atom. The zero-order chi connectivity index (χ0) is 14.9. The summed E-state index contributed by atoms with van der Waals surface area (Å²) in [5.74, 6) is -1.62. The van der Waals surface area contributed by atoms with Crippen LogP contribution in [0.1, 0.15) is 38.3 Å². The number of piperidine rings is 1. The highest BCUT2D eigenvalue weighted by atomic mass is 19.2. The second kappa shape index (κ2) is 5.87. The van der Waals surface area contributed by atoms with E-state index in [9.17, 15) is 13.6 Å². The van der Waals surface area contributed by atoms with E-state index < -0.39 is 17.7 Å². The molecule has 0 saturated carbocycles. The fourth-order valence-corrected chi connectivity index (χ4v) is 2.73. The van der Waals surface area contributed by atoms with Crippen LogP contribution in [0.15, 0.2) is 18.2 Å². The Kier molecular flexibility index (Phi) is 4.38. The first-order chi connectivity index (χ1) is 9.41. The minimum absolute atomic E-state index is 0.0472. The highest BCUT2D eigenvalue weighted by Gasteiger charge is 2.36. The lowest BCUT2D eigenvalue weighted by atomic mass is 9.89. The first-order valence-electron chi connectivity index (χ1n) is 6.90. The summed E-state index contributed by atoms with van der Waals surface area (Å²) < 4.78 is 27.5. The number of nitrogens with zero attached hydrogens (tertiary/aromatic N) is 1. The lowest BCUT2D eigenvalue weighted by molar-refractivity contribution is -0.138. The maximum atomic E-state index is 14.0. The Morgan fingerprint density at radius 1 is 1.40 bits per heavy atom. The maximum Gasteiger partial charge on any atom is 0.223 e. The number of carbonyl (C=O) groups excluding carboxylic acids is 1. The summed E-state index contributed by atoms with van der Waals surface area (Å²) in [6.07, 6.45) is 0.857. The minimum atomic E-state index is -0.906. The summed E-state index contributed by atoms with van der Waals surface area (Å²) in [5.41, 5.74) is 6.25. The van der Waals surface area contributed by atoms with E-state index in [0.29, 0.717) is 19.4 Å². The zero-order valence-corrected chi connectivity index (χ0v) is 11.8. The topological polar surface area (TPSA) is 46.3 Å². The van der Waals surface area contributed by atoms with Crippen molar-refractivity contribution < 1.29 is 13.6 Å². The van der Waals surface area contributed by atoms with Gasteiger partial charge in [0.1, 0.15) is 0 Å². The van der Waals surface area contributed by atoms with Crippen LogP contribution >= 0.6 is 0 Å². The molecule has 1 aliphatic rings. The largest absolute Gasteiger partial charge is 0.334 e. The zero-order valence-electron chi connectivity index (χ0n) is 11.8. The van der Waals surface area contributed by atoms with Crippen LogP contribution in [0, 0.1) is 17.6 Å².